The zero-order chi connectivity index (χ0) is 21.0. The van der Waals surface area contributed by atoms with Crippen LogP contribution in [-0.4, -0.2) is 94.4 Å². The molecule has 1 heterocycles. The molecule has 1 rings (SSSR count). The smallest absolute Gasteiger partial charge is 0.340 e. The molecule has 0 aromatic rings. The van der Waals surface area contributed by atoms with Crippen LogP contribution in [0.3, 0.4) is 0 Å². The third kappa shape index (κ3) is 8.95. The van der Waals surface area contributed by atoms with Gasteiger partial charge in [0, 0.05) is 31.3 Å². The van der Waals surface area contributed by atoms with Gasteiger partial charge in [-0.1, -0.05) is 0 Å². The molecule has 1 fully saturated rings. The second-order valence-corrected chi connectivity index (χ2v) is 7.86. The molecule has 0 saturated carbocycles. The molecule has 0 bridgehead atoms. The monoisotopic (exact) mass is 452 g/mol. The highest BCUT2D eigenvalue weighted by molar-refractivity contribution is 7.53. The number of nitrogens with zero attached hydrogens (tertiary/aromatic N) is 1. The first-order valence-electron chi connectivity index (χ1n) is 7.70. The molecule has 0 radical (unpaired) electrons. The van der Waals surface area contributed by atoms with Crippen molar-refractivity contribution < 1.29 is 43.5 Å². The Morgan fingerprint density at radius 2 is 1.85 bits per heavy atom. The number of aliphatic hydroxyl groups is 3. The summed E-state index contributed by atoms with van der Waals surface area (Å²) in [6, 6.07) is 0. The van der Waals surface area contributed by atoms with E-state index in [1.54, 1.807) is 0 Å². The van der Waals surface area contributed by atoms with Gasteiger partial charge in [-0.05, 0) is 0 Å². The predicted octanol–water partition coefficient (Wildman–Crippen LogP) is -1.37. The van der Waals surface area contributed by atoms with E-state index in [4.69, 9.17) is 48.5 Å². The molecule has 27 heavy (non-hydrogen) atoms. The zero-order valence-electron chi connectivity index (χ0n) is 14.2. The third-order valence-corrected chi connectivity index (χ3v) is 5.30. The van der Waals surface area contributed by atoms with E-state index in [0.717, 1.165) is 0 Å². The van der Waals surface area contributed by atoms with Gasteiger partial charge in [0.05, 0.1) is 6.61 Å². The molecule has 14 heteroatoms. The molecular weight excluding hydrogens is 430 g/mol. The lowest BCUT2D eigenvalue weighted by Crippen LogP contribution is -2.39. The Kier molecular flexibility index (Phi) is 13.2. The Bertz CT molecular complexity index is 522. The van der Waals surface area contributed by atoms with Crippen molar-refractivity contribution in [1.82, 2.24) is 4.67 Å². The number of aliphatic hydroxyl groups excluding tert-OH is 3. The van der Waals surface area contributed by atoms with Gasteiger partial charge in [0.15, 0.2) is 18.5 Å². The molecule has 0 amide bonds. The number of rotatable bonds is 11. The van der Waals surface area contributed by atoms with Crippen LogP contribution in [0.5, 0.6) is 0 Å². The average molecular weight is 453 g/mol. The highest BCUT2D eigenvalue weighted by Crippen LogP contribution is 2.42. The summed E-state index contributed by atoms with van der Waals surface area (Å²) in [7, 11) is -3.36. The van der Waals surface area contributed by atoms with Crippen LogP contribution in [0.1, 0.15) is 6.42 Å². The normalized spacial score (nSPS) is 25.1. The molecule has 158 valence electrons. The van der Waals surface area contributed by atoms with Crippen molar-refractivity contribution in [2.75, 3.05) is 31.5 Å². The Morgan fingerprint density at radius 1 is 1.30 bits per heavy atom. The number of cyclic esters (lactones) is 1. The van der Waals surface area contributed by atoms with E-state index in [2.05, 4.69) is 4.74 Å². The van der Waals surface area contributed by atoms with Gasteiger partial charge in [-0.2, -0.15) is 0 Å². The summed E-state index contributed by atoms with van der Waals surface area (Å²) in [5, 5.41) is 26.7. The quantitative estimate of drug-likeness (QED) is 0.0955. The van der Waals surface area contributed by atoms with E-state index in [1.165, 1.54) is 4.67 Å². The Balaban J connectivity index is 0.000000511. The maximum Gasteiger partial charge on any atom is 0.340 e. The molecule has 1 aliphatic heterocycles. The van der Waals surface area contributed by atoms with Crippen molar-refractivity contribution >= 4 is 49.4 Å². The van der Waals surface area contributed by atoms with Crippen molar-refractivity contribution in [3.8, 4) is 0 Å². The fraction of sp³-hybridized carbons (Fsp3) is 0.769. The predicted molar refractivity (Wildman–Crippen MR) is 95.4 cm³/mol. The number of hydrogen-bond donors (Lipinski definition) is 4. The summed E-state index contributed by atoms with van der Waals surface area (Å²) in [5.74, 6) is -0.460. The minimum atomic E-state index is -3.36. The van der Waals surface area contributed by atoms with Crippen LogP contribution in [0.25, 0.3) is 0 Å². The van der Waals surface area contributed by atoms with Gasteiger partial charge in [0.1, 0.15) is 18.5 Å². The van der Waals surface area contributed by atoms with E-state index in [9.17, 15) is 18.9 Å². The molecule has 5 atom stereocenters. The van der Waals surface area contributed by atoms with Crippen LogP contribution in [0.4, 0.5) is 0 Å². The van der Waals surface area contributed by atoms with Crippen molar-refractivity contribution in [3.63, 3.8) is 0 Å². The molecule has 1 aliphatic rings. The summed E-state index contributed by atoms with van der Waals surface area (Å²) in [6.07, 6.45) is -5.21. The number of aldehydes is 2. The number of hydrogen-bond acceptors (Lipinski definition) is 9. The topological polar surface area (TPSA) is 177 Å². The number of carbonyl (C=O) groups is 3. The van der Waals surface area contributed by atoms with Crippen molar-refractivity contribution in [2.45, 2.75) is 30.8 Å². The minimum absolute atomic E-state index is 0.0400. The first kappa shape index (κ1) is 26.4. The van der Waals surface area contributed by atoms with E-state index in [0.29, 0.717) is 19.4 Å². The number of carbonyl (C=O) groups excluding carboxylic acids is 3. The standard InChI is InChI=1S/C7H15Cl2N2O3P.C6H8O6/c8-2-4-11(5-3-9)15(10,13)14-7-1-6-12;7-1-2(8)5-3(9)4(10)6(11)12-5/h6H,1-5,7H2,(H2,10,13);1-5,8-10H/t;2-,3+,4-,5+/m.0/s1. The molecule has 0 aromatic carbocycles. The summed E-state index contributed by atoms with van der Waals surface area (Å²) in [5.41, 5.74) is 5.50. The van der Waals surface area contributed by atoms with E-state index < -0.39 is 38.1 Å². The maximum atomic E-state index is 11.8. The number of nitrogens with two attached hydrogens (primary N) is 1. The van der Waals surface area contributed by atoms with Gasteiger partial charge in [-0.3, -0.25) is 4.57 Å². The largest absolute Gasteiger partial charge is 0.454 e. The molecule has 5 N–H and O–H groups in total. The van der Waals surface area contributed by atoms with E-state index in [1.807, 2.05) is 0 Å². The summed E-state index contributed by atoms with van der Waals surface area (Å²) < 4.78 is 22.5. The molecule has 1 unspecified atom stereocenters. The number of alkyl halides is 2. The van der Waals surface area contributed by atoms with E-state index >= 15 is 0 Å². The Hall–Kier alpha value is -0.620. The van der Waals surface area contributed by atoms with Crippen molar-refractivity contribution in [3.05, 3.63) is 0 Å². The van der Waals surface area contributed by atoms with Crippen molar-refractivity contribution in [2.24, 2.45) is 5.50 Å². The van der Waals surface area contributed by atoms with Gasteiger partial charge in [0.2, 0.25) is 0 Å². The molecule has 0 aliphatic carbocycles. The van der Waals surface area contributed by atoms with Crippen LogP contribution >= 0.6 is 30.9 Å². The first-order chi connectivity index (χ1) is 12.7. The number of ether oxygens (including phenoxy) is 1. The molecule has 0 aromatic heterocycles. The second-order valence-electron chi connectivity index (χ2n) is 5.15. The SMILES string of the molecule is NP(=O)(OCCC=O)N(CCCl)CCCl.O=C[C@H](O)[C@H]1OC(=O)[C@@H](O)[C@H]1O. The fourth-order valence-corrected chi connectivity index (χ4v) is 3.77. The highest BCUT2D eigenvalue weighted by Gasteiger charge is 2.46. The Morgan fingerprint density at radius 3 is 2.22 bits per heavy atom. The molecule has 0 spiro atoms. The lowest BCUT2D eigenvalue weighted by Gasteiger charge is -2.26. The molecule has 1 saturated heterocycles. The second kappa shape index (κ2) is 13.5. The van der Waals surface area contributed by atoms with Gasteiger partial charge >= 0.3 is 13.6 Å². The summed E-state index contributed by atoms with van der Waals surface area (Å²) in [6.45, 7) is 0.713. The van der Waals surface area contributed by atoms with Gasteiger partial charge < -0.3 is 34.2 Å². The minimum Gasteiger partial charge on any atom is -0.454 e. The first-order valence-corrected chi connectivity index (χ1v) is 10.4. The Labute approximate surface area is 165 Å². The van der Waals surface area contributed by atoms with Crippen molar-refractivity contribution in [1.29, 1.82) is 0 Å². The summed E-state index contributed by atoms with van der Waals surface area (Å²) >= 11 is 11.1. The van der Waals surface area contributed by atoms with E-state index in [-0.39, 0.29) is 31.1 Å². The van der Waals surface area contributed by atoms with Gasteiger partial charge in [0.25, 0.3) is 0 Å². The van der Waals surface area contributed by atoms with Crippen LogP contribution in [-0.2, 0) is 28.2 Å². The number of halogens is 2. The lowest BCUT2D eigenvalue weighted by molar-refractivity contribution is -0.151. The number of esters is 1. The van der Waals surface area contributed by atoms with Crippen LogP contribution in [0.15, 0.2) is 0 Å². The molecule has 11 nitrogen and oxygen atoms in total. The third-order valence-electron chi connectivity index (χ3n) is 3.22. The maximum absolute atomic E-state index is 11.8. The average Bonchev–Trinajstić information content (AvgIpc) is 2.89. The van der Waals surface area contributed by atoms with Crippen LogP contribution in [0, 0.1) is 0 Å². The van der Waals surface area contributed by atoms with Gasteiger partial charge in [-0.15, -0.1) is 23.2 Å². The molecular formula is C13H23Cl2N2O9P. The van der Waals surface area contributed by atoms with Gasteiger partial charge in [-0.25, -0.2) is 15.0 Å². The lowest BCUT2D eigenvalue weighted by atomic mass is 10.1. The summed E-state index contributed by atoms with van der Waals surface area (Å²) in [4.78, 5) is 30.6. The zero-order valence-corrected chi connectivity index (χ0v) is 16.6. The highest BCUT2D eigenvalue weighted by atomic mass is 35.5. The van der Waals surface area contributed by atoms with Crippen LogP contribution < -0.4 is 5.50 Å². The fourth-order valence-electron chi connectivity index (χ4n) is 1.84. The van der Waals surface area contributed by atoms with Crippen LogP contribution in [0.2, 0.25) is 0 Å².